The highest BCUT2D eigenvalue weighted by Gasteiger charge is 2.28. The number of ether oxygens (including phenoxy) is 1. The quantitative estimate of drug-likeness (QED) is 0.726. The van der Waals surface area contributed by atoms with Gasteiger partial charge in [0.1, 0.15) is 12.6 Å². The van der Waals surface area contributed by atoms with E-state index in [1.807, 2.05) is 0 Å². The number of rotatable bonds is 5. The van der Waals surface area contributed by atoms with E-state index in [4.69, 9.17) is 16.3 Å². The topological polar surface area (TPSA) is 105 Å². The Morgan fingerprint density at radius 1 is 1.17 bits per heavy atom. The smallest absolute Gasteiger partial charge is 0.328 e. The largest absolute Gasteiger partial charge is 0.454 e. The first-order chi connectivity index (χ1) is 13.9. The Labute approximate surface area is 171 Å². The second-order valence-electron chi connectivity index (χ2n) is 6.33. The number of benzene rings is 2. The minimum atomic E-state index is -0.997. The van der Waals surface area contributed by atoms with E-state index < -0.39 is 30.4 Å². The minimum absolute atomic E-state index is 0.174. The van der Waals surface area contributed by atoms with Crippen LogP contribution in [0.2, 0.25) is 5.02 Å². The monoisotopic (exact) mass is 415 g/mol. The maximum absolute atomic E-state index is 12.5. The van der Waals surface area contributed by atoms with Gasteiger partial charge in [-0.25, -0.2) is 4.79 Å². The molecule has 150 valence electrons. The third kappa shape index (κ3) is 4.72. The van der Waals surface area contributed by atoms with Crippen LogP contribution in [0.25, 0.3) is 0 Å². The molecule has 3 rings (SSSR count). The first-order valence-electron chi connectivity index (χ1n) is 8.78. The molecule has 2 aromatic rings. The maximum atomic E-state index is 12.5. The lowest BCUT2D eigenvalue weighted by molar-refractivity contribution is -0.149. The predicted molar refractivity (Wildman–Crippen MR) is 107 cm³/mol. The van der Waals surface area contributed by atoms with Gasteiger partial charge in [-0.15, -0.1) is 0 Å². The zero-order valence-corrected chi connectivity index (χ0v) is 16.2. The number of nitrogens with one attached hydrogen (secondary N) is 2. The van der Waals surface area contributed by atoms with Gasteiger partial charge >= 0.3 is 5.97 Å². The highest BCUT2D eigenvalue weighted by molar-refractivity contribution is 6.33. The summed E-state index contributed by atoms with van der Waals surface area (Å²) >= 11 is 5.96. The molecule has 29 heavy (non-hydrogen) atoms. The lowest BCUT2D eigenvalue weighted by Gasteiger charge is -2.29. The van der Waals surface area contributed by atoms with Crippen molar-refractivity contribution in [3.63, 3.8) is 0 Å². The van der Waals surface area contributed by atoms with Crippen molar-refractivity contribution in [2.45, 2.75) is 13.0 Å². The highest BCUT2D eigenvalue weighted by Crippen LogP contribution is 2.28. The van der Waals surface area contributed by atoms with Crippen LogP contribution in [0.15, 0.2) is 48.5 Å². The second kappa shape index (κ2) is 8.74. The van der Waals surface area contributed by atoms with Crippen molar-refractivity contribution in [1.29, 1.82) is 0 Å². The van der Waals surface area contributed by atoms with E-state index in [1.54, 1.807) is 42.5 Å². The molecule has 1 heterocycles. The summed E-state index contributed by atoms with van der Waals surface area (Å²) in [4.78, 5) is 49.9. The van der Waals surface area contributed by atoms with E-state index in [2.05, 4.69) is 10.6 Å². The third-order valence-electron chi connectivity index (χ3n) is 4.23. The Hall–Kier alpha value is -3.39. The van der Waals surface area contributed by atoms with Gasteiger partial charge in [0.15, 0.2) is 6.61 Å². The van der Waals surface area contributed by atoms with Gasteiger partial charge in [0.25, 0.3) is 11.8 Å². The predicted octanol–water partition coefficient (Wildman–Crippen LogP) is 1.99. The fourth-order valence-corrected chi connectivity index (χ4v) is 2.99. The summed E-state index contributed by atoms with van der Waals surface area (Å²) in [6.45, 7) is 0.699. The number of esters is 1. The van der Waals surface area contributed by atoms with Crippen LogP contribution in [0.1, 0.15) is 17.3 Å². The Balaban J connectivity index is 1.58. The molecule has 0 saturated heterocycles. The highest BCUT2D eigenvalue weighted by atomic mass is 35.5. The normalized spacial score (nSPS) is 13.7. The van der Waals surface area contributed by atoms with E-state index in [-0.39, 0.29) is 23.0 Å². The van der Waals surface area contributed by atoms with E-state index in [0.717, 1.165) is 0 Å². The first-order valence-corrected chi connectivity index (χ1v) is 9.16. The first kappa shape index (κ1) is 20.3. The fourth-order valence-electron chi connectivity index (χ4n) is 2.77. The SMILES string of the molecule is C[C@H](NC(=O)c1ccccc1Cl)C(=O)OCC(=O)N1CC(=O)Nc2ccccc21. The molecule has 1 aliphatic heterocycles. The number of halogens is 1. The van der Waals surface area contributed by atoms with Gasteiger partial charge in [0.2, 0.25) is 5.91 Å². The van der Waals surface area contributed by atoms with Crippen molar-refractivity contribution in [2.24, 2.45) is 0 Å². The van der Waals surface area contributed by atoms with Gasteiger partial charge in [-0.05, 0) is 31.2 Å². The fraction of sp³-hybridized carbons (Fsp3) is 0.200. The Bertz CT molecular complexity index is 978. The lowest BCUT2D eigenvalue weighted by Crippen LogP contribution is -2.45. The van der Waals surface area contributed by atoms with Crippen LogP contribution in [-0.2, 0) is 19.1 Å². The van der Waals surface area contributed by atoms with E-state index in [1.165, 1.54) is 17.9 Å². The summed E-state index contributed by atoms with van der Waals surface area (Å²) < 4.78 is 5.03. The van der Waals surface area contributed by atoms with Crippen molar-refractivity contribution >= 4 is 46.7 Å². The van der Waals surface area contributed by atoms with Gasteiger partial charge in [0, 0.05) is 0 Å². The minimum Gasteiger partial charge on any atom is -0.454 e. The Morgan fingerprint density at radius 3 is 2.62 bits per heavy atom. The zero-order chi connectivity index (χ0) is 21.0. The maximum Gasteiger partial charge on any atom is 0.328 e. The van der Waals surface area contributed by atoms with Crippen molar-refractivity contribution in [3.05, 3.63) is 59.1 Å². The standard InChI is InChI=1S/C20H18ClN3O5/c1-12(22-19(27)13-6-2-3-7-14(13)21)20(28)29-11-18(26)24-10-17(25)23-15-8-4-5-9-16(15)24/h2-9,12H,10-11H2,1H3,(H,22,27)(H,23,25)/t12-/m0/s1. The number of anilines is 2. The molecule has 0 fully saturated rings. The molecule has 0 bridgehead atoms. The Kier molecular flexibility index (Phi) is 6.13. The van der Waals surface area contributed by atoms with E-state index in [0.29, 0.717) is 11.4 Å². The molecule has 0 radical (unpaired) electrons. The van der Waals surface area contributed by atoms with Crippen LogP contribution in [0.3, 0.4) is 0 Å². The molecule has 2 aromatic carbocycles. The summed E-state index contributed by atoms with van der Waals surface area (Å²) in [6, 6.07) is 12.2. The summed E-state index contributed by atoms with van der Waals surface area (Å²) in [7, 11) is 0. The van der Waals surface area contributed by atoms with E-state index in [9.17, 15) is 19.2 Å². The van der Waals surface area contributed by atoms with Crippen LogP contribution in [0.4, 0.5) is 11.4 Å². The molecular formula is C20H18ClN3O5. The van der Waals surface area contributed by atoms with Crippen LogP contribution in [-0.4, -0.2) is 42.9 Å². The molecule has 0 unspecified atom stereocenters. The average Bonchev–Trinajstić information content (AvgIpc) is 2.71. The van der Waals surface area contributed by atoms with Crippen molar-refractivity contribution in [3.8, 4) is 0 Å². The van der Waals surface area contributed by atoms with E-state index >= 15 is 0 Å². The molecule has 0 aliphatic carbocycles. The van der Waals surface area contributed by atoms with Crippen LogP contribution < -0.4 is 15.5 Å². The molecule has 1 aliphatic rings. The van der Waals surface area contributed by atoms with Gasteiger partial charge in [-0.1, -0.05) is 35.9 Å². The second-order valence-corrected chi connectivity index (χ2v) is 6.74. The van der Waals surface area contributed by atoms with Crippen LogP contribution >= 0.6 is 11.6 Å². The molecule has 8 nitrogen and oxygen atoms in total. The van der Waals surface area contributed by atoms with Crippen LogP contribution in [0, 0.1) is 0 Å². The average molecular weight is 416 g/mol. The zero-order valence-electron chi connectivity index (χ0n) is 15.5. The number of hydrogen-bond acceptors (Lipinski definition) is 5. The van der Waals surface area contributed by atoms with Crippen LogP contribution in [0.5, 0.6) is 0 Å². The number of amides is 3. The number of fused-ring (bicyclic) bond motifs is 1. The molecule has 0 saturated carbocycles. The summed E-state index contributed by atoms with van der Waals surface area (Å²) in [5.74, 6) is -2.21. The summed E-state index contributed by atoms with van der Waals surface area (Å²) in [6.07, 6.45) is 0. The molecular weight excluding hydrogens is 398 g/mol. The molecule has 2 N–H and O–H groups in total. The Morgan fingerprint density at radius 2 is 1.86 bits per heavy atom. The van der Waals surface area contributed by atoms with Gasteiger partial charge in [0.05, 0.1) is 22.0 Å². The molecule has 1 atom stereocenters. The number of carbonyl (C=O) groups excluding carboxylic acids is 4. The summed E-state index contributed by atoms with van der Waals surface area (Å²) in [5.41, 5.74) is 1.25. The molecule has 9 heteroatoms. The molecule has 0 aromatic heterocycles. The lowest BCUT2D eigenvalue weighted by atomic mass is 10.2. The molecule has 3 amide bonds. The molecule has 0 spiro atoms. The van der Waals surface area contributed by atoms with Crippen molar-refractivity contribution in [2.75, 3.05) is 23.4 Å². The number of carbonyl (C=O) groups is 4. The van der Waals surface area contributed by atoms with Gasteiger partial charge in [-0.2, -0.15) is 0 Å². The third-order valence-corrected chi connectivity index (χ3v) is 4.56. The van der Waals surface area contributed by atoms with Crippen molar-refractivity contribution < 1.29 is 23.9 Å². The summed E-state index contributed by atoms with van der Waals surface area (Å²) in [5, 5.41) is 5.40. The van der Waals surface area contributed by atoms with Crippen molar-refractivity contribution in [1.82, 2.24) is 5.32 Å². The van der Waals surface area contributed by atoms with Gasteiger partial charge in [-0.3, -0.25) is 19.3 Å². The van der Waals surface area contributed by atoms with Gasteiger partial charge < -0.3 is 15.4 Å². The number of nitrogens with zero attached hydrogens (tertiary/aromatic N) is 1. The number of para-hydroxylation sites is 2. The number of hydrogen-bond donors (Lipinski definition) is 2.